The van der Waals surface area contributed by atoms with Crippen molar-refractivity contribution in [3.05, 3.63) is 11.6 Å². The van der Waals surface area contributed by atoms with E-state index >= 15 is 0 Å². The van der Waals surface area contributed by atoms with Gasteiger partial charge in [-0.3, -0.25) is 4.99 Å². The third-order valence-corrected chi connectivity index (χ3v) is 5.62. The molecule has 0 aromatic carbocycles. The van der Waals surface area contributed by atoms with E-state index < -0.39 is 0 Å². The van der Waals surface area contributed by atoms with Crippen LogP contribution in [0.3, 0.4) is 0 Å². The molecule has 1 atom stereocenters. The van der Waals surface area contributed by atoms with Crippen LogP contribution in [0.15, 0.2) is 4.99 Å². The molecule has 8 heteroatoms. The zero-order valence-electron chi connectivity index (χ0n) is 17.8. The first-order valence-corrected chi connectivity index (χ1v) is 10.9. The summed E-state index contributed by atoms with van der Waals surface area (Å²) in [6, 6.07) is 0.328. The summed E-state index contributed by atoms with van der Waals surface area (Å²) >= 11 is 0. The molecule has 28 heavy (non-hydrogen) atoms. The highest BCUT2D eigenvalue weighted by atomic mass is 16.5. The molecule has 0 radical (unpaired) electrons. The summed E-state index contributed by atoms with van der Waals surface area (Å²) in [5.74, 6) is 3.47. The number of fused-ring (bicyclic) bond motifs is 1. The van der Waals surface area contributed by atoms with E-state index in [0.717, 1.165) is 50.1 Å². The molecule has 3 heterocycles. The number of guanidine groups is 1. The minimum Gasteiger partial charge on any atom is -0.377 e. The standard InChI is InChI=1S/C20H37N7O/c1-4-10-26-11-8-16(9-12-26)13-22-20(21-5-2)23-17-6-7-19-24-18(15-28-3)25-27(19)14-17/h16-17H,4-15H2,1-3H3,(H2,21,22,23). The second kappa shape index (κ2) is 10.8. The van der Waals surface area contributed by atoms with Crippen LogP contribution in [-0.2, 0) is 24.3 Å². The number of likely N-dealkylation sites (tertiary alicyclic amines) is 1. The van der Waals surface area contributed by atoms with Crippen LogP contribution in [0.2, 0.25) is 0 Å². The summed E-state index contributed by atoms with van der Waals surface area (Å²) in [5.41, 5.74) is 0. The number of rotatable bonds is 8. The molecule has 0 aliphatic carbocycles. The summed E-state index contributed by atoms with van der Waals surface area (Å²) in [6.45, 7) is 11.1. The van der Waals surface area contributed by atoms with Crippen LogP contribution < -0.4 is 10.6 Å². The first kappa shape index (κ1) is 21.0. The van der Waals surface area contributed by atoms with Crippen LogP contribution in [-0.4, -0.2) is 71.5 Å². The molecule has 8 nitrogen and oxygen atoms in total. The first-order chi connectivity index (χ1) is 13.7. The SMILES string of the molecule is CCCN1CCC(CN=C(NCC)NC2CCc3nc(COC)nn3C2)CC1. The molecule has 0 bridgehead atoms. The Morgan fingerprint density at radius 2 is 2.07 bits per heavy atom. The number of hydrogen-bond acceptors (Lipinski definition) is 5. The molecule has 158 valence electrons. The zero-order valence-corrected chi connectivity index (χ0v) is 17.8. The van der Waals surface area contributed by atoms with Gasteiger partial charge in [0.15, 0.2) is 11.8 Å². The van der Waals surface area contributed by atoms with Crippen molar-refractivity contribution in [2.24, 2.45) is 10.9 Å². The van der Waals surface area contributed by atoms with Crippen molar-refractivity contribution < 1.29 is 4.74 Å². The zero-order chi connectivity index (χ0) is 19.8. The molecule has 0 saturated carbocycles. The fourth-order valence-corrected chi connectivity index (χ4v) is 4.11. The van der Waals surface area contributed by atoms with E-state index in [-0.39, 0.29) is 0 Å². The Morgan fingerprint density at radius 1 is 1.25 bits per heavy atom. The van der Waals surface area contributed by atoms with Gasteiger partial charge in [-0.15, -0.1) is 0 Å². The third-order valence-electron chi connectivity index (χ3n) is 5.62. The highest BCUT2D eigenvalue weighted by molar-refractivity contribution is 5.80. The number of aliphatic imine (C=N–C) groups is 1. The van der Waals surface area contributed by atoms with Gasteiger partial charge in [0.05, 0.1) is 6.54 Å². The minimum atomic E-state index is 0.328. The molecule has 1 unspecified atom stereocenters. The van der Waals surface area contributed by atoms with Crippen molar-refractivity contribution in [3.8, 4) is 0 Å². The van der Waals surface area contributed by atoms with E-state index in [1.54, 1.807) is 7.11 Å². The summed E-state index contributed by atoms with van der Waals surface area (Å²) in [7, 11) is 1.68. The van der Waals surface area contributed by atoms with Crippen molar-refractivity contribution in [2.45, 2.75) is 65.1 Å². The topological polar surface area (TPSA) is 79.6 Å². The molecule has 0 spiro atoms. The lowest BCUT2D eigenvalue weighted by Crippen LogP contribution is -2.47. The van der Waals surface area contributed by atoms with Gasteiger partial charge in [0.1, 0.15) is 12.4 Å². The summed E-state index contributed by atoms with van der Waals surface area (Å²) in [4.78, 5) is 12.0. The van der Waals surface area contributed by atoms with Crippen molar-refractivity contribution >= 4 is 5.96 Å². The number of methoxy groups -OCH3 is 1. The number of piperidine rings is 1. The Bertz CT molecular complexity index is 622. The smallest absolute Gasteiger partial charge is 0.191 e. The highest BCUT2D eigenvalue weighted by Crippen LogP contribution is 2.18. The van der Waals surface area contributed by atoms with E-state index in [4.69, 9.17) is 9.73 Å². The van der Waals surface area contributed by atoms with Crippen molar-refractivity contribution in [1.82, 2.24) is 30.3 Å². The lowest BCUT2D eigenvalue weighted by Gasteiger charge is -2.31. The molecule has 0 amide bonds. The Morgan fingerprint density at radius 3 is 2.79 bits per heavy atom. The van der Waals surface area contributed by atoms with Gasteiger partial charge in [-0.2, -0.15) is 5.10 Å². The van der Waals surface area contributed by atoms with Crippen LogP contribution in [0.1, 0.15) is 51.2 Å². The molecule has 1 aromatic rings. The number of nitrogens with one attached hydrogen (secondary N) is 2. The summed E-state index contributed by atoms with van der Waals surface area (Å²) in [6.07, 6.45) is 5.75. The Kier molecular flexibility index (Phi) is 8.09. The van der Waals surface area contributed by atoms with Gasteiger partial charge in [-0.05, 0) is 58.2 Å². The minimum absolute atomic E-state index is 0.328. The van der Waals surface area contributed by atoms with Crippen LogP contribution >= 0.6 is 0 Å². The van der Waals surface area contributed by atoms with Gasteiger partial charge >= 0.3 is 0 Å². The second-order valence-electron chi connectivity index (χ2n) is 7.94. The van der Waals surface area contributed by atoms with Crippen molar-refractivity contribution in [1.29, 1.82) is 0 Å². The Labute approximate surface area is 169 Å². The van der Waals surface area contributed by atoms with Crippen LogP contribution in [0.25, 0.3) is 0 Å². The molecule has 1 fully saturated rings. The van der Waals surface area contributed by atoms with Gasteiger partial charge in [0, 0.05) is 32.7 Å². The number of ether oxygens (including phenoxy) is 1. The Hall–Kier alpha value is -1.67. The largest absolute Gasteiger partial charge is 0.377 e. The molecule has 2 aliphatic rings. The first-order valence-electron chi connectivity index (χ1n) is 10.9. The van der Waals surface area contributed by atoms with E-state index in [0.29, 0.717) is 18.6 Å². The van der Waals surface area contributed by atoms with Gasteiger partial charge in [0.25, 0.3) is 0 Å². The number of aromatic nitrogens is 3. The average Bonchev–Trinajstić information content (AvgIpc) is 3.10. The molecule has 2 aliphatic heterocycles. The lowest BCUT2D eigenvalue weighted by molar-refractivity contribution is 0.177. The molecule has 2 N–H and O–H groups in total. The quantitative estimate of drug-likeness (QED) is 0.515. The summed E-state index contributed by atoms with van der Waals surface area (Å²) < 4.78 is 7.17. The maximum Gasteiger partial charge on any atom is 0.191 e. The number of nitrogens with zero attached hydrogens (tertiary/aromatic N) is 5. The van der Waals surface area contributed by atoms with Crippen molar-refractivity contribution in [2.75, 3.05) is 39.8 Å². The van der Waals surface area contributed by atoms with Crippen LogP contribution in [0.4, 0.5) is 0 Å². The van der Waals surface area contributed by atoms with E-state index in [1.165, 1.54) is 38.9 Å². The number of hydrogen-bond donors (Lipinski definition) is 2. The molecule has 1 saturated heterocycles. The molecular weight excluding hydrogens is 354 g/mol. The fraction of sp³-hybridized carbons (Fsp3) is 0.850. The molecular formula is C20H37N7O. The van der Waals surface area contributed by atoms with E-state index in [9.17, 15) is 0 Å². The molecule has 3 rings (SSSR count). The van der Waals surface area contributed by atoms with Gasteiger partial charge < -0.3 is 20.3 Å². The second-order valence-corrected chi connectivity index (χ2v) is 7.94. The predicted molar refractivity (Wildman–Crippen MR) is 111 cm³/mol. The Balaban J connectivity index is 1.50. The predicted octanol–water partition coefficient (Wildman–Crippen LogP) is 1.42. The normalized spacial score (nSPS) is 21.5. The third kappa shape index (κ3) is 5.91. The van der Waals surface area contributed by atoms with Crippen molar-refractivity contribution in [3.63, 3.8) is 0 Å². The maximum absolute atomic E-state index is 5.15. The fourth-order valence-electron chi connectivity index (χ4n) is 4.11. The summed E-state index contributed by atoms with van der Waals surface area (Å²) in [5, 5.41) is 11.6. The van der Waals surface area contributed by atoms with Gasteiger partial charge in [0.2, 0.25) is 0 Å². The molecule has 1 aromatic heterocycles. The van der Waals surface area contributed by atoms with Crippen LogP contribution in [0.5, 0.6) is 0 Å². The van der Waals surface area contributed by atoms with E-state index in [1.807, 2.05) is 4.68 Å². The van der Waals surface area contributed by atoms with Gasteiger partial charge in [-0.1, -0.05) is 6.92 Å². The average molecular weight is 392 g/mol. The lowest BCUT2D eigenvalue weighted by atomic mass is 9.97. The highest BCUT2D eigenvalue weighted by Gasteiger charge is 2.23. The monoisotopic (exact) mass is 391 g/mol. The van der Waals surface area contributed by atoms with Crippen LogP contribution in [0, 0.1) is 5.92 Å². The van der Waals surface area contributed by atoms with Gasteiger partial charge in [-0.25, -0.2) is 9.67 Å². The number of aryl methyl sites for hydroxylation is 1. The van der Waals surface area contributed by atoms with E-state index in [2.05, 4.69) is 39.5 Å². The maximum atomic E-state index is 5.15.